The van der Waals surface area contributed by atoms with E-state index in [1.165, 1.54) is 12.0 Å². The highest BCUT2D eigenvalue weighted by molar-refractivity contribution is 5.76. The van der Waals surface area contributed by atoms with E-state index in [-0.39, 0.29) is 12.0 Å². The Labute approximate surface area is 94.7 Å². The number of amides is 1. The summed E-state index contributed by atoms with van der Waals surface area (Å²) in [6.45, 7) is 4.01. The Hall–Kier alpha value is -0.980. The van der Waals surface area contributed by atoms with Gasteiger partial charge in [-0.15, -0.1) is 0 Å². The molecule has 0 spiro atoms. The van der Waals surface area contributed by atoms with Gasteiger partial charge in [0.05, 0.1) is 6.10 Å². The summed E-state index contributed by atoms with van der Waals surface area (Å²) in [5.41, 5.74) is 0. The van der Waals surface area contributed by atoms with E-state index < -0.39 is 6.04 Å². The molecule has 1 amide bonds. The summed E-state index contributed by atoms with van der Waals surface area (Å²) >= 11 is 0. The normalized spacial score (nSPS) is 20.4. The molecule has 0 saturated carbocycles. The number of nitrogens with zero attached hydrogens (tertiary/aromatic N) is 2. The second kappa shape index (κ2) is 5.93. The summed E-state index contributed by atoms with van der Waals surface area (Å²) < 4.78 is 0. The minimum absolute atomic E-state index is 0.116. The minimum Gasteiger partial charge on any atom is -0.314 e. The molecule has 1 aliphatic rings. The molecule has 0 aromatic heterocycles. The van der Waals surface area contributed by atoms with Gasteiger partial charge in [0.2, 0.25) is 5.91 Å². The van der Waals surface area contributed by atoms with Gasteiger partial charge in [-0.25, -0.2) is 5.06 Å². The molecule has 16 heavy (non-hydrogen) atoms. The molecule has 0 aromatic rings. The van der Waals surface area contributed by atoms with E-state index in [2.05, 4.69) is 0 Å². The van der Waals surface area contributed by atoms with E-state index in [4.69, 9.17) is 10.0 Å². The maximum atomic E-state index is 11.3. The van der Waals surface area contributed by atoms with Crippen LogP contribution in [0.15, 0.2) is 0 Å². The molecular weight excluding hydrogens is 212 g/mol. The molecular formula is C10H18N2O4. The van der Waals surface area contributed by atoms with Gasteiger partial charge >= 0.3 is 0 Å². The van der Waals surface area contributed by atoms with Gasteiger partial charge in [0, 0.05) is 20.0 Å². The summed E-state index contributed by atoms with van der Waals surface area (Å²) in [7, 11) is 0. The maximum absolute atomic E-state index is 11.3. The van der Waals surface area contributed by atoms with Gasteiger partial charge in [-0.05, 0) is 19.8 Å². The Kier molecular flexibility index (Phi) is 4.85. The second-order valence-corrected chi connectivity index (χ2v) is 3.98. The quantitative estimate of drug-likeness (QED) is 0.552. The van der Waals surface area contributed by atoms with Crippen molar-refractivity contribution in [2.24, 2.45) is 0 Å². The molecule has 1 saturated heterocycles. The van der Waals surface area contributed by atoms with Gasteiger partial charge in [0.15, 0.2) is 0 Å². The van der Waals surface area contributed by atoms with E-state index in [9.17, 15) is 9.59 Å². The Morgan fingerprint density at radius 2 is 2.12 bits per heavy atom. The van der Waals surface area contributed by atoms with Gasteiger partial charge in [0.1, 0.15) is 12.3 Å². The number of carbonyl (C=O) groups is 2. The molecule has 1 heterocycles. The van der Waals surface area contributed by atoms with Crippen molar-refractivity contribution in [3.8, 4) is 0 Å². The molecule has 6 nitrogen and oxygen atoms in total. The fourth-order valence-corrected chi connectivity index (χ4v) is 1.62. The topological polar surface area (TPSA) is 70.1 Å². The van der Waals surface area contributed by atoms with Crippen LogP contribution in [0.25, 0.3) is 0 Å². The second-order valence-electron chi connectivity index (χ2n) is 3.98. The lowest BCUT2D eigenvalue weighted by atomic mass is 10.1. The molecule has 1 fully saturated rings. The number of rotatable bonds is 4. The lowest BCUT2D eigenvalue weighted by Crippen LogP contribution is -2.44. The summed E-state index contributed by atoms with van der Waals surface area (Å²) in [4.78, 5) is 27.4. The summed E-state index contributed by atoms with van der Waals surface area (Å²) in [6.07, 6.45) is 1.84. The maximum Gasteiger partial charge on any atom is 0.243 e. The van der Waals surface area contributed by atoms with Crippen molar-refractivity contribution >= 4 is 12.2 Å². The fourth-order valence-electron chi connectivity index (χ4n) is 1.62. The Morgan fingerprint density at radius 1 is 1.56 bits per heavy atom. The third-order valence-corrected chi connectivity index (χ3v) is 2.56. The van der Waals surface area contributed by atoms with Crippen molar-refractivity contribution in [3.63, 3.8) is 0 Å². The van der Waals surface area contributed by atoms with Crippen molar-refractivity contribution in [1.29, 1.82) is 0 Å². The van der Waals surface area contributed by atoms with Crippen LogP contribution in [0.2, 0.25) is 0 Å². The number of aldehydes is 1. The monoisotopic (exact) mass is 230 g/mol. The van der Waals surface area contributed by atoms with Crippen LogP contribution in [0.1, 0.15) is 26.7 Å². The molecule has 1 N–H and O–H groups in total. The molecule has 0 bridgehead atoms. The van der Waals surface area contributed by atoms with Crippen molar-refractivity contribution in [2.45, 2.75) is 38.8 Å². The molecule has 1 atom stereocenters. The number of carbonyl (C=O) groups excluding carboxylic acids is 2. The van der Waals surface area contributed by atoms with Crippen molar-refractivity contribution in [1.82, 2.24) is 10.1 Å². The van der Waals surface area contributed by atoms with Crippen LogP contribution in [-0.4, -0.2) is 52.8 Å². The predicted octanol–water partition coefficient (Wildman–Crippen LogP) is 0.208. The van der Waals surface area contributed by atoms with Crippen molar-refractivity contribution in [2.75, 3.05) is 13.1 Å². The van der Waals surface area contributed by atoms with Gasteiger partial charge < -0.3 is 10.0 Å². The van der Waals surface area contributed by atoms with Gasteiger partial charge in [-0.2, -0.15) is 5.06 Å². The molecule has 0 radical (unpaired) electrons. The van der Waals surface area contributed by atoms with Crippen LogP contribution in [0.5, 0.6) is 0 Å². The fraction of sp³-hybridized carbons (Fsp3) is 0.800. The molecule has 1 aliphatic heterocycles. The van der Waals surface area contributed by atoms with Crippen LogP contribution in [0.3, 0.4) is 0 Å². The van der Waals surface area contributed by atoms with E-state index >= 15 is 0 Å². The van der Waals surface area contributed by atoms with Crippen LogP contribution < -0.4 is 0 Å². The van der Waals surface area contributed by atoms with Crippen LogP contribution >= 0.6 is 0 Å². The van der Waals surface area contributed by atoms with E-state index in [1.807, 2.05) is 0 Å². The number of hydroxylamine groups is 4. The molecule has 0 aliphatic carbocycles. The first-order valence-electron chi connectivity index (χ1n) is 5.40. The first kappa shape index (κ1) is 13.1. The SMILES string of the molecule is CC(=O)N(OC1CCN(O)CC1)C(C)C=O. The van der Waals surface area contributed by atoms with Gasteiger partial charge in [0.25, 0.3) is 0 Å². The number of hydrogen-bond acceptors (Lipinski definition) is 5. The molecule has 6 heteroatoms. The van der Waals surface area contributed by atoms with E-state index in [0.717, 1.165) is 5.06 Å². The van der Waals surface area contributed by atoms with Gasteiger partial charge in [-0.1, -0.05) is 0 Å². The van der Waals surface area contributed by atoms with Crippen molar-refractivity contribution < 1.29 is 19.6 Å². The minimum atomic E-state index is -0.579. The standard InChI is InChI=1S/C10H18N2O4/c1-8(7-13)12(9(2)14)16-10-3-5-11(15)6-4-10/h7-8,10,15H,3-6H2,1-2H3. The summed E-state index contributed by atoms with van der Waals surface area (Å²) in [5, 5.41) is 11.5. The van der Waals surface area contributed by atoms with Gasteiger partial charge in [-0.3, -0.25) is 9.63 Å². The molecule has 1 unspecified atom stereocenters. The van der Waals surface area contributed by atoms with Crippen LogP contribution in [0.4, 0.5) is 0 Å². The van der Waals surface area contributed by atoms with Crippen molar-refractivity contribution in [3.05, 3.63) is 0 Å². The third kappa shape index (κ3) is 3.55. The highest BCUT2D eigenvalue weighted by Gasteiger charge is 2.25. The molecule has 1 rings (SSSR count). The predicted molar refractivity (Wildman–Crippen MR) is 55.5 cm³/mol. The Balaban J connectivity index is 2.48. The first-order valence-corrected chi connectivity index (χ1v) is 5.40. The van der Waals surface area contributed by atoms with Crippen LogP contribution in [0, 0.1) is 0 Å². The number of hydrogen-bond donors (Lipinski definition) is 1. The number of piperidine rings is 1. The Morgan fingerprint density at radius 3 is 2.56 bits per heavy atom. The Bertz CT molecular complexity index is 251. The molecule has 0 aromatic carbocycles. The largest absolute Gasteiger partial charge is 0.314 e. The lowest BCUT2D eigenvalue weighted by molar-refractivity contribution is -0.231. The zero-order valence-electron chi connectivity index (χ0n) is 9.63. The smallest absolute Gasteiger partial charge is 0.243 e. The average molecular weight is 230 g/mol. The average Bonchev–Trinajstić information content (AvgIpc) is 2.27. The van der Waals surface area contributed by atoms with E-state index in [0.29, 0.717) is 32.2 Å². The van der Waals surface area contributed by atoms with Crippen LogP contribution in [-0.2, 0) is 14.4 Å². The first-order chi connectivity index (χ1) is 7.54. The van der Waals surface area contributed by atoms with E-state index in [1.54, 1.807) is 6.92 Å². The zero-order valence-corrected chi connectivity index (χ0v) is 9.63. The summed E-state index contributed by atoms with van der Waals surface area (Å²) in [5.74, 6) is -0.286. The highest BCUT2D eigenvalue weighted by Crippen LogP contribution is 2.15. The zero-order chi connectivity index (χ0) is 12.1. The summed E-state index contributed by atoms with van der Waals surface area (Å²) in [6, 6.07) is -0.579. The third-order valence-electron chi connectivity index (χ3n) is 2.56. The lowest BCUT2D eigenvalue weighted by Gasteiger charge is -2.32. The molecule has 92 valence electrons. The highest BCUT2D eigenvalue weighted by atomic mass is 16.7.